The van der Waals surface area contributed by atoms with Gasteiger partial charge < -0.3 is 24.8 Å². The van der Waals surface area contributed by atoms with Crippen LogP contribution in [0, 0.1) is 0 Å². The summed E-state index contributed by atoms with van der Waals surface area (Å²) in [5.74, 6) is -1.08. The molecule has 0 fully saturated rings. The maximum Gasteiger partial charge on any atom is 0.422 e. The fraction of sp³-hybridized carbons (Fsp3) is 0.308. The van der Waals surface area contributed by atoms with Crippen LogP contribution in [0.2, 0.25) is 5.02 Å². The van der Waals surface area contributed by atoms with E-state index in [9.17, 15) is 27.6 Å². The molecule has 1 aromatic carbocycles. The van der Waals surface area contributed by atoms with Crippen molar-refractivity contribution in [2.45, 2.75) is 18.6 Å². The van der Waals surface area contributed by atoms with E-state index in [-0.39, 0.29) is 52.1 Å². The molecule has 0 bridgehead atoms. The number of amides is 2. The largest absolute Gasteiger partial charge is 0.495 e. The first-order valence-electron chi connectivity index (χ1n) is 11.7. The fourth-order valence-corrected chi connectivity index (χ4v) is 3.90. The quantitative estimate of drug-likeness (QED) is 0.349. The van der Waals surface area contributed by atoms with Crippen LogP contribution in [0.25, 0.3) is 11.1 Å². The van der Waals surface area contributed by atoms with Crippen LogP contribution < -0.4 is 25.7 Å². The smallest absolute Gasteiger partial charge is 0.422 e. The zero-order valence-corrected chi connectivity index (χ0v) is 22.4. The summed E-state index contributed by atoms with van der Waals surface area (Å²) in [4.78, 5) is 42.3. The number of rotatable bonds is 11. The highest BCUT2D eigenvalue weighted by molar-refractivity contribution is 6.31. The predicted octanol–water partition coefficient (Wildman–Crippen LogP) is 4.09. The molecule has 3 aromatic rings. The zero-order chi connectivity index (χ0) is 29.4. The maximum absolute atomic E-state index is 13.3. The molecule has 3 rings (SSSR count). The third-order valence-corrected chi connectivity index (χ3v) is 5.85. The van der Waals surface area contributed by atoms with Crippen molar-refractivity contribution >= 4 is 29.1 Å². The van der Waals surface area contributed by atoms with Crippen molar-refractivity contribution in [3.8, 4) is 22.6 Å². The van der Waals surface area contributed by atoms with Gasteiger partial charge in [-0.25, -0.2) is 4.98 Å². The van der Waals surface area contributed by atoms with Crippen molar-refractivity contribution in [2.75, 3.05) is 39.8 Å². The minimum absolute atomic E-state index is 0.0746. The Kier molecular flexibility index (Phi) is 10.1. The highest BCUT2D eigenvalue weighted by atomic mass is 35.5. The molecule has 0 aliphatic heterocycles. The van der Waals surface area contributed by atoms with Crippen LogP contribution in [-0.2, 0) is 9.53 Å². The molecule has 0 radical (unpaired) electrons. The number of alkyl halides is 3. The number of carbonyl (C=O) groups excluding carboxylic acids is 2. The van der Waals surface area contributed by atoms with Gasteiger partial charge in [-0.15, -0.1) is 0 Å². The topological polar surface area (TPSA) is 121 Å². The van der Waals surface area contributed by atoms with Gasteiger partial charge >= 0.3 is 6.18 Å². The molecule has 1 unspecified atom stereocenters. The average molecular weight is 583 g/mol. The first kappa shape index (κ1) is 30.4. The Morgan fingerprint density at radius 2 is 1.82 bits per heavy atom. The summed E-state index contributed by atoms with van der Waals surface area (Å²) < 4.78 is 55.1. The molecule has 1 atom stereocenters. The molecule has 2 aromatic heterocycles. The summed E-state index contributed by atoms with van der Waals surface area (Å²) in [7, 11) is 4.20. The van der Waals surface area contributed by atoms with Crippen molar-refractivity contribution in [3.05, 3.63) is 69.9 Å². The van der Waals surface area contributed by atoms with Crippen LogP contribution in [0.1, 0.15) is 23.0 Å². The molecular weight excluding hydrogens is 557 g/mol. The summed E-state index contributed by atoms with van der Waals surface area (Å²) in [6.07, 6.45) is -1.93. The Labute approximate surface area is 232 Å². The lowest BCUT2D eigenvalue weighted by atomic mass is 10.0. The van der Waals surface area contributed by atoms with Crippen molar-refractivity contribution < 1.29 is 37.0 Å². The van der Waals surface area contributed by atoms with Crippen molar-refractivity contribution in [2.24, 2.45) is 0 Å². The predicted molar refractivity (Wildman–Crippen MR) is 141 cm³/mol. The molecule has 214 valence electrons. The van der Waals surface area contributed by atoms with Gasteiger partial charge in [0, 0.05) is 49.4 Å². The van der Waals surface area contributed by atoms with E-state index in [2.05, 4.69) is 15.6 Å². The molecule has 0 saturated heterocycles. The van der Waals surface area contributed by atoms with Gasteiger partial charge in [-0.1, -0.05) is 11.6 Å². The van der Waals surface area contributed by atoms with E-state index in [4.69, 9.17) is 25.8 Å². The van der Waals surface area contributed by atoms with Crippen LogP contribution in [0.15, 0.2) is 53.6 Å². The van der Waals surface area contributed by atoms with E-state index >= 15 is 0 Å². The van der Waals surface area contributed by atoms with Crippen molar-refractivity contribution in [1.29, 1.82) is 0 Å². The maximum atomic E-state index is 13.3. The molecule has 10 nitrogen and oxygen atoms in total. The van der Waals surface area contributed by atoms with Crippen LogP contribution in [0.5, 0.6) is 11.5 Å². The molecule has 14 heteroatoms. The number of benzene rings is 1. The molecule has 2 heterocycles. The van der Waals surface area contributed by atoms with Crippen molar-refractivity contribution in [3.63, 3.8) is 0 Å². The first-order chi connectivity index (χ1) is 19.0. The number of halogens is 4. The van der Waals surface area contributed by atoms with E-state index < -0.39 is 36.2 Å². The van der Waals surface area contributed by atoms with Gasteiger partial charge in [0.05, 0.1) is 25.2 Å². The van der Waals surface area contributed by atoms with E-state index in [1.54, 1.807) is 0 Å². The van der Waals surface area contributed by atoms with Gasteiger partial charge in [0.2, 0.25) is 5.91 Å². The minimum atomic E-state index is -4.59. The number of hydrogen-bond donors (Lipinski definition) is 2. The zero-order valence-electron chi connectivity index (χ0n) is 21.7. The second-order valence-corrected chi connectivity index (χ2v) is 8.78. The SMILES string of the molecule is CNC(=O)c1ccc(NC(=O)C(CCOC)n2cc(OC)c(-c3cc(Cl)ccc3OCC(F)(F)F)cc2=O)cn1. The lowest BCUT2D eigenvalue weighted by molar-refractivity contribution is -0.153. The van der Waals surface area contributed by atoms with E-state index in [0.29, 0.717) is 0 Å². The second kappa shape index (κ2) is 13.3. The average Bonchev–Trinajstić information content (AvgIpc) is 2.92. The number of methoxy groups -OCH3 is 2. The third-order valence-electron chi connectivity index (χ3n) is 5.61. The Bertz CT molecular complexity index is 1410. The molecule has 0 saturated carbocycles. The van der Waals surface area contributed by atoms with Gasteiger partial charge in [-0.3, -0.25) is 19.0 Å². The summed E-state index contributed by atoms with van der Waals surface area (Å²) >= 11 is 6.09. The molecular formula is C26H26ClF3N4O6. The molecule has 2 amide bonds. The van der Waals surface area contributed by atoms with Crippen LogP contribution in [0.4, 0.5) is 18.9 Å². The van der Waals surface area contributed by atoms with Gasteiger partial charge in [-0.2, -0.15) is 13.2 Å². The molecule has 0 spiro atoms. The van der Waals surface area contributed by atoms with Gasteiger partial charge in [-0.05, 0) is 30.3 Å². The lowest BCUT2D eigenvalue weighted by Crippen LogP contribution is -2.34. The van der Waals surface area contributed by atoms with E-state index in [1.807, 2.05) is 0 Å². The summed E-state index contributed by atoms with van der Waals surface area (Å²) in [5, 5.41) is 5.29. The van der Waals surface area contributed by atoms with Gasteiger partial charge in [0.15, 0.2) is 6.61 Å². The monoisotopic (exact) mass is 582 g/mol. The number of aromatic nitrogens is 2. The molecule has 40 heavy (non-hydrogen) atoms. The van der Waals surface area contributed by atoms with Crippen LogP contribution in [-0.4, -0.2) is 62.0 Å². The van der Waals surface area contributed by atoms with Gasteiger partial charge in [0.25, 0.3) is 11.5 Å². The fourth-order valence-electron chi connectivity index (χ4n) is 3.73. The van der Waals surface area contributed by atoms with Crippen LogP contribution >= 0.6 is 11.6 Å². The number of anilines is 1. The summed E-state index contributed by atoms with van der Waals surface area (Å²) in [5.41, 5.74) is -0.0158. The first-order valence-corrected chi connectivity index (χ1v) is 12.1. The molecule has 2 N–H and O–H groups in total. The van der Waals surface area contributed by atoms with Gasteiger partial charge in [0.1, 0.15) is 23.2 Å². The number of nitrogens with one attached hydrogen (secondary N) is 2. The lowest BCUT2D eigenvalue weighted by Gasteiger charge is -2.22. The number of nitrogens with zero attached hydrogens (tertiary/aromatic N) is 2. The summed E-state index contributed by atoms with van der Waals surface area (Å²) in [6, 6.07) is 6.91. The Balaban J connectivity index is 2.00. The van der Waals surface area contributed by atoms with Crippen molar-refractivity contribution in [1.82, 2.24) is 14.9 Å². The van der Waals surface area contributed by atoms with E-state index in [0.717, 1.165) is 10.6 Å². The minimum Gasteiger partial charge on any atom is -0.495 e. The Morgan fingerprint density at radius 1 is 1.10 bits per heavy atom. The summed E-state index contributed by atoms with van der Waals surface area (Å²) in [6.45, 7) is -1.44. The highest BCUT2D eigenvalue weighted by Gasteiger charge is 2.30. The highest BCUT2D eigenvalue weighted by Crippen LogP contribution is 2.38. The number of carbonyl (C=O) groups is 2. The van der Waals surface area contributed by atoms with Crippen LogP contribution in [0.3, 0.4) is 0 Å². The number of hydrogen-bond acceptors (Lipinski definition) is 7. The molecule has 0 aliphatic rings. The van der Waals surface area contributed by atoms with E-state index in [1.165, 1.54) is 64.0 Å². The third kappa shape index (κ3) is 7.73. The molecule has 0 aliphatic carbocycles. The standard InChI is InChI=1S/C26H26ClF3N4O6/c1-31-24(36)19-6-5-16(12-32-19)33-25(37)20(8-9-38-2)34-13-22(39-3)18(11-23(34)35)17-10-15(27)4-7-21(17)40-14-26(28,29)30/h4-7,10-13,20H,8-9,14H2,1-3H3,(H,31,36)(H,33,37). The normalized spacial score (nSPS) is 12.0. The second-order valence-electron chi connectivity index (χ2n) is 8.34. The Morgan fingerprint density at radius 3 is 2.42 bits per heavy atom. The number of pyridine rings is 2. The Hall–Kier alpha value is -4.10. The number of ether oxygens (including phenoxy) is 3.